The molecule has 2 aromatic carbocycles. The van der Waals surface area contributed by atoms with Gasteiger partial charge in [0.15, 0.2) is 0 Å². The summed E-state index contributed by atoms with van der Waals surface area (Å²) in [5.41, 5.74) is 1.28. The zero-order valence-electron chi connectivity index (χ0n) is 10.3. The number of halogens is 3. The fourth-order valence-electron chi connectivity index (χ4n) is 1.60. The molecule has 20 heavy (non-hydrogen) atoms. The lowest BCUT2D eigenvalue weighted by Crippen LogP contribution is -2.14. The van der Waals surface area contributed by atoms with Gasteiger partial charge in [-0.05, 0) is 58.7 Å². The molecule has 0 amide bonds. The Hall–Kier alpha value is -0.560. The molecule has 0 atom stereocenters. The van der Waals surface area contributed by atoms with Gasteiger partial charge in [0.25, 0.3) is 10.0 Å². The molecule has 0 aliphatic heterocycles. The summed E-state index contributed by atoms with van der Waals surface area (Å²) < 4.78 is 28.5. The van der Waals surface area contributed by atoms with Crippen molar-refractivity contribution in [3.05, 3.63) is 55.9 Å². The Morgan fingerprint density at radius 2 is 1.80 bits per heavy atom. The first kappa shape index (κ1) is 15.8. The van der Waals surface area contributed by atoms with Gasteiger partial charge in [-0.25, -0.2) is 8.42 Å². The first-order valence-electron chi connectivity index (χ1n) is 5.53. The molecule has 2 aromatic rings. The van der Waals surface area contributed by atoms with E-state index in [-0.39, 0.29) is 4.90 Å². The second-order valence-corrected chi connectivity index (χ2v) is 7.99. The van der Waals surface area contributed by atoms with Gasteiger partial charge in [0.05, 0.1) is 10.7 Å². The van der Waals surface area contributed by atoms with Gasteiger partial charge in [0.1, 0.15) is 4.90 Å². The fourth-order valence-corrected chi connectivity index (χ4v) is 4.39. The average molecular weight is 440 g/mol. The first-order chi connectivity index (χ1) is 9.29. The van der Waals surface area contributed by atoms with E-state index in [0.29, 0.717) is 19.7 Å². The average Bonchev–Trinajstić information content (AvgIpc) is 2.36. The highest BCUT2D eigenvalue weighted by Crippen LogP contribution is 2.30. The molecule has 1 N–H and O–H groups in total. The van der Waals surface area contributed by atoms with Crippen LogP contribution >= 0.6 is 43.5 Å². The van der Waals surface area contributed by atoms with Gasteiger partial charge in [-0.1, -0.05) is 33.6 Å². The Labute approximate surface area is 139 Å². The number of benzene rings is 2. The SMILES string of the molecule is Cc1ccc(Cl)c(NS(=O)(=O)c2cc(Br)ccc2Br)c1. The zero-order valence-corrected chi connectivity index (χ0v) is 15.1. The van der Waals surface area contributed by atoms with Gasteiger partial charge < -0.3 is 0 Å². The minimum atomic E-state index is -3.72. The minimum absolute atomic E-state index is 0.143. The predicted octanol–water partition coefficient (Wildman–Crippen LogP) is 4.97. The lowest BCUT2D eigenvalue weighted by Gasteiger charge is -2.12. The normalized spacial score (nSPS) is 11.4. The van der Waals surface area contributed by atoms with Crippen LogP contribution in [0, 0.1) is 6.92 Å². The summed E-state index contributed by atoms with van der Waals surface area (Å²) in [6.45, 7) is 1.86. The van der Waals surface area contributed by atoms with E-state index in [2.05, 4.69) is 36.6 Å². The molecular weight excluding hydrogens is 429 g/mol. The topological polar surface area (TPSA) is 46.2 Å². The molecule has 0 radical (unpaired) electrons. The predicted molar refractivity (Wildman–Crippen MR) is 88.8 cm³/mol. The van der Waals surface area contributed by atoms with Crippen LogP contribution in [-0.2, 0) is 10.0 Å². The molecule has 0 aliphatic rings. The van der Waals surface area contributed by atoms with Crippen LogP contribution in [0.25, 0.3) is 0 Å². The second kappa shape index (κ2) is 6.05. The summed E-state index contributed by atoms with van der Waals surface area (Å²) in [6, 6.07) is 10.1. The molecular formula is C13H10Br2ClNO2S. The van der Waals surface area contributed by atoms with Crippen LogP contribution in [0.4, 0.5) is 5.69 Å². The maximum absolute atomic E-state index is 12.4. The molecule has 0 heterocycles. The van der Waals surface area contributed by atoms with Gasteiger partial charge >= 0.3 is 0 Å². The van der Waals surface area contributed by atoms with E-state index in [0.717, 1.165) is 5.56 Å². The van der Waals surface area contributed by atoms with Crippen LogP contribution in [0.15, 0.2) is 50.2 Å². The Morgan fingerprint density at radius 3 is 2.50 bits per heavy atom. The third-order valence-corrected chi connectivity index (χ3v) is 5.73. The Balaban J connectivity index is 2.46. The summed E-state index contributed by atoms with van der Waals surface area (Å²) in [5.74, 6) is 0. The van der Waals surface area contributed by atoms with E-state index in [9.17, 15) is 8.42 Å². The standard InChI is InChI=1S/C13H10Br2ClNO2S/c1-8-2-5-11(16)12(6-8)17-20(18,19)13-7-9(14)3-4-10(13)15/h2-7,17H,1H3. The van der Waals surface area contributed by atoms with Crippen LogP contribution in [0.1, 0.15) is 5.56 Å². The molecule has 3 nitrogen and oxygen atoms in total. The van der Waals surface area contributed by atoms with Gasteiger partial charge in [-0.2, -0.15) is 0 Å². The minimum Gasteiger partial charge on any atom is -0.278 e. The van der Waals surface area contributed by atoms with E-state index in [1.165, 1.54) is 6.07 Å². The number of hydrogen-bond donors (Lipinski definition) is 1. The van der Waals surface area contributed by atoms with Crippen LogP contribution in [0.3, 0.4) is 0 Å². The number of rotatable bonds is 3. The van der Waals surface area contributed by atoms with Crippen LogP contribution in [0.2, 0.25) is 5.02 Å². The Morgan fingerprint density at radius 1 is 1.10 bits per heavy atom. The van der Waals surface area contributed by atoms with Crippen molar-refractivity contribution < 1.29 is 8.42 Å². The van der Waals surface area contributed by atoms with Crippen molar-refractivity contribution in [2.24, 2.45) is 0 Å². The summed E-state index contributed by atoms with van der Waals surface area (Å²) in [6.07, 6.45) is 0. The maximum Gasteiger partial charge on any atom is 0.263 e. The molecule has 0 unspecified atom stereocenters. The monoisotopic (exact) mass is 437 g/mol. The van der Waals surface area contributed by atoms with E-state index >= 15 is 0 Å². The number of sulfonamides is 1. The molecule has 106 valence electrons. The molecule has 0 spiro atoms. The Bertz CT molecular complexity index is 763. The molecule has 0 saturated carbocycles. The van der Waals surface area contributed by atoms with E-state index < -0.39 is 10.0 Å². The highest BCUT2D eigenvalue weighted by molar-refractivity contribution is 9.11. The smallest absolute Gasteiger partial charge is 0.263 e. The molecule has 0 fully saturated rings. The van der Waals surface area contributed by atoms with Crippen molar-refractivity contribution in [2.45, 2.75) is 11.8 Å². The lowest BCUT2D eigenvalue weighted by atomic mass is 10.2. The molecule has 2 rings (SSSR count). The van der Waals surface area contributed by atoms with E-state index in [1.54, 1.807) is 24.3 Å². The van der Waals surface area contributed by atoms with Gasteiger partial charge in [0.2, 0.25) is 0 Å². The Kier molecular flexibility index (Phi) is 4.79. The van der Waals surface area contributed by atoms with Crippen LogP contribution < -0.4 is 4.72 Å². The van der Waals surface area contributed by atoms with Crippen molar-refractivity contribution >= 4 is 59.2 Å². The van der Waals surface area contributed by atoms with Crippen molar-refractivity contribution in [3.8, 4) is 0 Å². The van der Waals surface area contributed by atoms with Gasteiger partial charge in [-0.3, -0.25) is 4.72 Å². The fraction of sp³-hybridized carbons (Fsp3) is 0.0769. The highest BCUT2D eigenvalue weighted by Gasteiger charge is 2.19. The summed E-state index contributed by atoms with van der Waals surface area (Å²) >= 11 is 12.5. The van der Waals surface area contributed by atoms with Crippen LogP contribution in [0.5, 0.6) is 0 Å². The van der Waals surface area contributed by atoms with Crippen molar-refractivity contribution in [3.63, 3.8) is 0 Å². The third-order valence-electron chi connectivity index (χ3n) is 2.55. The first-order valence-corrected chi connectivity index (χ1v) is 8.98. The van der Waals surface area contributed by atoms with Crippen molar-refractivity contribution in [1.29, 1.82) is 0 Å². The quantitative estimate of drug-likeness (QED) is 0.734. The van der Waals surface area contributed by atoms with Crippen LogP contribution in [-0.4, -0.2) is 8.42 Å². The summed E-state index contributed by atoms with van der Waals surface area (Å²) in [5, 5.41) is 0.352. The van der Waals surface area contributed by atoms with E-state index in [4.69, 9.17) is 11.6 Å². The second-order valence-electron chi connectivity index (χ2n) is 4.16. The number of nitrogens with one attached hydrogen (secondary N) is 1. The maximum atomic E-state index is 12.4. The number of aryl methyl sites for hydroxylation is 1. The number of anilines is 1. The largest absolute Gasteiger partial charge is 0.278 e. The van der Waals surface area contributed by atoms with Gasteiger partial charge in [0, 0.05) is 8.95 Å². The number of hydrogen-bond acceptors (Lipinski definition) is 2. The van der Waals surface area contributed by atoms with Gasteiger partial charge in [-0.15, -0.1) is 0 Å². The van der Waals surface area contributed by atoms with Crippen molar-refractivity contribution in [2.75, 3.05) is 4.72 Å². The molecule has 0 aliphatic carbocycles. The third kappa shape index (κ3) is 3.55. The van der Waals surface area contributed by atoms with Crippen molar-refractivity contribution in [1.82, 2.24) is 0 Å². The molecule has 7 heteroatoms. The highest BCUT2D eigenvalue weighted by atomic mass is 79.9. The molecule has 0 saturated heterocycles. The zero-order chi connectivity index (χ0) is 14.9. The lowest BCUT2D eigenvalue weighted by molar-refractivity contribution is 0.600. The molecule has 0 bridgehead atoms. The molecule has 0 aromatic heterocycles. The summed E-state index contributed by atoms with van der Waals surface area (Å²) in [7, 11) is -3.72. The summed E-state index contributed by atoms with van der Waals surface area (Å²) in [4.78, 5) is 0.143. The van der Waals surface area contributed by atoms with E-state index in [1.807, 2.05) is 13.0 Å².